The van der Waals surface area contributed by atoms with E-state index >= 15 is 4.39 Å². The SMILES string of the molecule is CC(C)(C)OC(=O)COCC1(F)CCN(c2cncc(N(c3ccccc3)c3cc(Cl)ccn3)n2)CC1. The first-order valence-electron chi connectivity index (χ1n) is 12.1. The van der Waals surface area contributed by atoms with E-state index < -0.39 is 17.2 Å². The summed E-state index contributed by atoms with van der Waals surface area (Å²) in [7, 11) is 0. The predicted octanol–water partition coefficient (Wildman–Crippen LogP) is 5.66. The van der Waals surface area contributed by atoms with Gasteiger partial charge in [0.1, 0.15) is 29.5 Å². The van der Waals surface area contributed by atoms with E-state index in [4.69, 9.17) is 26.1 Å². The van der Waals surface area contributed by atoms with Crippen LogP contribution in [0.4, 0.5) is 27.5 Å². The van der Waals surface area contributed by atoms with E-state index in [1.54, 1.807) is 51.5 Å². The van der Waals surface area contributed by atoms with Crippen molar-refractivity contribution < 1.29 is 18.7 Å². The number of carbonyl (C=O) groups is 1. The zero-order valence-corrected chi connectivity index (χ0v) is 22.0. The topological polar surface area (TPSA) is 80.7 Å². The summed E-state index contributed by atoms with van der Waals surface area (Å²) in [6.07, 6.45) is 5.45. The Morgan fingerprint density at radius 3 is 2.54 bits per heavy atom. The standard InChI is InChI=1S/C27H31ClFN5O3/c1-26(2,3)37-25(35)18-36-19-27(29)10-13-33(14-11-27)23-16-30-17-24(32-23)34(21-7-5-4-6-8-21)22-15-20(28)9-12-31-22/h4-9,12,15-17H,10-11,13-14,18-19H2,1-3H3. The summed E-state index contributed by atoms with van der Waals surface area (Å²) in [5.74, 6) is 1.31. The van der Waals surface area contributed by atoms with Crippen molar-refractivity contribution in [1.29, 1.82) is 0 Å². The van der Waals surface area contributed by atoms with Gasteiger partial charge in [-0.05, 0) is 39.0 Å². The van der Waals surface area contributed by atoms with Gasteiger partial charge in [-0.25, -0.2) is 19.2 Å². The van der Waals surface area contributed by atoms with E-state index in [2.05, 4.69) is 9.97 Å². The van der Waals surface area contributed by atoms with Gasteiger partial charge >= 0.3 is 5.97 Å². The largest absolute Gasteiger partial charge is 0.458 e. The summed E-state index contributed by atoms with van der Waals surface area (Å²) in [5.41, 5.74) is -1.27. The number of hydrogen-bond acceptors (Lipinski definition) is 8. The number of esters is 1. The highest BCUT2D eigenvalue weighted by Gasteiger charge is 2.36. The molecular formula is C27H31ClFN5O3. The van der Waals surface area contributed by atoms with Gasteiger partial charge < -0.3 is 14.4 Å². The lowest BCUT2D eigenvalue weighted by Gasteiger charge is -2.37. The Morgan fingerprint density at radius 2 is 1.86 bits per heavy atom. The molecule has 2 aromatic heterocycles. The van der Waals surface area contributed by atoms with Crippen LogP contribution in [-0.2, 0) is 14.3 Å². The minimum absolute atomic E-state index is 0.159. The number of halogens is 2. The fraction of sp³-hybridized carbons (Fsp3) is 0.407. The lowest BCUT2D eigenvalue weighted by atomic mass is 9.94. The summed E-state index contributed by atoms with van der Waals surface area (Å²) >= 11 is 6.24. The van der Waals surface area contributed by atoms with E-state index in [0.29, 0.717) is 35.6 Å². The van der Waals surface area contributed by atoms with Gasteiger partial charge in [0.15, 0.2) is 5.82 Å². The van der Waals surface area contributed by atoms with E-state index in [0.717, 1.165) is 5.69 Å². The number of alkyl halides is 1. The number of anilines is 4. The monoisotopic (exact) mass is 527 g/mol. The molecule has 37 heavy (non-hydrogen) atoms. The second-order valence-electron chi connectivity index (χ2n) is 9.96. The smallest absolute Gasteiger partial charge is 0.332 e. The van der Waals surface area contributed by atoms with Gasteiger partial charge in [-0.2, -0.15) is 0 Å². The molecule has 0 aliphatic carbocycles. The zero-order valence-electron chi connectivity index (χ0n) is 21.2. The third-order valence-electron chi connectivity index (χ3n) is 5.77. The molecular weight excluding hydrogens is 497 g/mol. The Hall–Kier alpha value is -3.30. The highest BCUT2D eigenvalue weighted by molar-refractivity contribution is 6.30. The third-order valence-corrected chi connectivity index (χ3v) is 6.01. The van der Waals surface area contributed by atoms with Crippen molar-refractivity contribution in [2.45, 2.75) is 44.9 Å². The summed E-state index contributed by atoms with van der Waals surface area (Å²) in [4.78, 5) is 29.4. The molecule has 0 spiro atoms. The van der Waals surface area contributed by atoms with E-state index in [9.17, 15) is 4.79 Å². The fourth-order valence-electron chi connectivity index (χ4n) is 4.05. The Morgan fingerprint density at radius 1 is 1.14 bits per heavy atom. The van der Waals surface area contributed by atoms with Gasteiger partial charge in [-0.3, -0.25) is 9.88 Å². The predicted molar refractivity (Wildman–Crippen MR) is 141 cm³/mol. The molecule has 0 amide bonds. The maximum absolute atomic E-state index is 15.4. The molecule has 0 atom stereocenters. The van der Waals surface area contributed by atoms with Crippen molar-refractivity contribution in [3.05, 3.63) is 66.1 Å². The van der Waals surface area contributed by atoms with Crippen LogP contribution in [0.3, 0.4) is 0 Å². The number of pyridine rings is 1. The summed E-state index contributed by atoms with van der Waals surface area (Å²) in [5, 5.41) is 0.555. The normalized spacial score (nSPS) is 15.3. The molecule has 1 aromatic carbocycles. The molecule has 0 saturated carbocycles. The molecule has 0 N–H and O–H groups in total. The van der Waals surface area contributed by atoms with Crippen LogP contribution in [0.1, 0.15) is 33.6 Å². The van der Waals surface area contributed by atoms with Gasteiger partial charge in [-0.15, -0.1) is 0 Å². The highest BCUT2D eigenvalue weighted by Crippen LogP contribution is 2.34. The van der Waals surface area contributed by atoms with Crippen LogP contribution in [0, 0.1) is 0 Å². The first kappa shape index (κ1) is 26.8. The molecule has 3 heterocycles. The minimum Gasteiger partial charge on any atom is -0.458 e. The van der Waals surface area contributed by atoms with Crippen LogP contribution in [0.15, 0.2) is 61.1 Å². The lowest BCUT2D eigenvalue weighted by molar-refractivity contribution is -0.161. The fourth-order valence-corrected chi connectivity index (χ4v) is 4.20. The van der Waals surface area contributed by atoms with Crippen molar-refractivity contribution in [2.75, 3.05) is 36.1 Å². The Labute approximate surface area is 221 Å². The molecule has 1 aliphatic heterocycles. The van der Waals surface area contributed by atoms with Crippen molar-refractivity contribution >= 4 is 40.7 Å². The second-order valence-corrected chi connectivity index (χ2v) is 10.4. The van der Waals surface area contributed by atoms with Gasteiger partial charge in [0.25, 0.3) is 0 Å². The maximum Gasteiger partial charge on any atom is 0.332 e. The Kier molecular flexibility index (Phi) is 8.24. The maximum atomic E-state index is 15.4. The van der Waals surface area contributed by atoms with Crippen molar-refractivity contribution in [2.24, 2.45) is 0 Å². The van der Waals surface area contributed by atoms with Crippen LogP contribution in [0.2, 0.25) is 5.02 Å². The number of piperidine rings is 1. The number of para-hydroxylation sites is 1. The Bertz CT molecular complexity index is 1200. The summed E-state index contributed by atoms with van der Waals surface area (Å²) < 4.78 is 25.9. The molecule has 1 saturated heterocycles. The molecule has 0 unspecified atom stereocenters. The number of carbonyl (C=O) groups excluding carboxylic acids is 1. The van der Waals surface area contributed by atoms with Crippen LogP contribution >= 0.6 is 11.6 Å². The average Bonchev–Trinajstić information content (AvgIpc) is 2.84. The van der Waals surface area contributed by atoms with E-state index in [1.807, 2.05) is 40.1 Å². The first-order chi connectivity index (χ1) is 17.6. The molecule has 4 rings (SSSR count). The van der Waals surface area contributed by atoms with Gasteiger partial charge in [0, 0.05) is 48.9 Å². The molecule has 1 aliphatic rings. The third kappa shape index (κ3) is 7.36. The van der Waals surface area contributed by atoms with E-state index in [-0.39, 0.29) is 26.1 Å². The number of ether oxygens (including phenoxy) is 2. The molecule has 0 radical (unpaired) electrons. The number of aromatic nitrogens is 3. The van der Waals surface area contributed by atoms with Gasteiger partial charge in [0.05, 0.1) is 19.0 Å². The van der Waals surface area contributed by atoms with Gasteiger partial charge in [0.2, 0.25) is 0 Å². The van der Waals surface area contributed by atoms with Crippen LogP contribution < -0.4 is 9.80 Å². The average molecular weight is 528 g/mol. The number of benzene rings is 1. The van der Waals surface area contributed by atoms with Crippen LogP contribution in [0.5, 0.6) is 0 Å². The Balaban J connectivity index is 1.44. The van der Waals surface area contributed by atoms with Crippen molar-refractivity contribution in [3.63, 3.8) is 0 Å². The number of nitrogens with zero attached hydrogens (tertiary/aromatic N) is 5. The molecule has 196 valence electrons. The molecule has 3 aromatic rings. The lowest BCUT2D eigenvalue weighted by Crippen LogP contribution is -2.45. The first-order valence-corrected chi connectivity index (χ1v) is 12.5. The number of hydrogen-bond donors (Lipinski definition) is 0. The minimum atomic E-state index is -1.52. The molecule has 10 heteroatoms. The molecule has 8 nitrogen and oxygen atoms in total. The molecule has 0 bridgehead atoms. The van der Waals surface area contributed by atoms with E-state index in [1.165, 1.54) is 0 Å². The van der Waals surface area contributed by atoms with Crippen LogP contribution in [0.25, 0.3) is 0 Å². The zero-order chi connectivity index (χ0) is 26.5. The van der Waals surface area contributed by atoms with Crippen molar-refractivity contribution in [1.82, 2.24) is 15.0 Å². The summed E-state index contributed by atoms with van der Waals surface area (Å²) in [6.45, 7) is 5.77. The van der Waals surface area contributed by atoms with Crippen molar-refractivity contribution in [3.8, 4) is 0 Å². The second kappa shape index (κ2) is 11.4. The number of rotatable bonds is 8. The highest BCUT2D eigenvalue weighted by atomic mass is 35.5. The quantitative estimate of drug-likeness (QED) is 0.347. The molecule has 1 fully saturated rings. The van der Waals surface area contributed by atoms with Crippen LogP contribution in [-0.4, -0.2) is 58.5 Å². The summed E-state index contributed by atoms with van der Waals surface area (Å²) in [6, 6.07) is 13.2. The van der Waals surface area contributed by atoms with Gasteiger partial charge in [-0.1, -0.05) is 29.8 Å².